The van der Waals surface area contributed by atoms with E-state index in [0.717, 1.165) is 83.5 Å². The molecule has 0 radical (unpaired) electrons. The zero-order valence-electron chi connectivity index (χ0n) is 34.7. The van der Waals surface area contributed by atoms with Gasteiger partial charge in [0.25, 0.3) is 7.82 Å². The number of ether oxygens (including phenoxy) is 2. The lowest BCUT2D eigenvalue weighted by molar-refractivity contribution is -0.870. The first kappa shape index (κ1) is 51.2. The minimum atomic E-state index is -4.63. The highest BCUT2D eigenvalue weighted by Gasteiger charge is 2.21. The number of hydrogen-bond donors (Lipinski definition) is 0. The van der Waals surface area contributed by atoms with E-state index in [4.69, 9.17) is 18.5 Å². The van der Waals surface area contributed by atoms with Crippen molar-refractivity contribution in [2.75, 3.05) is 47.5 Å². The van der Waals surface area contributed by atoms with Gasteiger partial charge >= 0.3 is 11.9 Å². The highest BCUT2D eigenvalue weighted by atomic mass is 31.2. The molecule has 310 valence electrons. The minimum absolute atomic E-state index is 0.0353. The Morgan fingerprint density at radius 1 is 0.585 bits per heavy atom. The van der Waals surface area contributed by atoms with Gasteiger partial charge in [-0.05, 0) is 64.2 Å². The molecule has 0 fully saturated rings. The van der Waals surface area contributed by atoms with E-state index in [1.807, 2.05) is 21.1 Å². The molecule has 0 N–H and O–H groups in total. The molecule has 0 aliphatic carbocycles. The number of allylic oxidation sites excluding steroid dienone is 6. The fraction of sp³-hybridized carbons (Fsp3) is 0.814. The van der Waals surface area contributed by atoms with Crippen molar-refractivity contribution in [3.8, 4) is 0 Å². The van der Waals surface area contributed by atoms with Gasteiger partial charge in [-0.25, -0.2) is 0 Å². The van der Waals surface area contributed by atoms with E-state index >= 15 is 0 Å². The van der Waals surface area contributed by atoms with Gasteiger partial charge in [0.1, 0.15) is 19.8 Å². The summed E-state index contributed by atoms with van der Waals surface area (Å²) in [4.78, 5) is 37.4. The Hall–Kier alpha value is -1.77. The van der Waals surface area contributed by atoms with Crippen molar-refractivity contribution in [3.05, 3.63) is 36.5 Å². The number of carbonyl (C=O) groups is 2. The lowest BCUT2D eigenvalue weighted by atomic mass is 10.1. The first-order valence-electron chi connectivity index (χ1n) is 21.2. The van der Waals surface area contributed by atoms with Crippen LogP contribution in [-0.2, 0) is 32.7 Å². The zero-order chi connectivity index (χ0) is 39.3. The summed E-state index contributed by atoms with van der Waals surface area (Å²) in [6.45, 7) is 4.15. The fourth-order valence-corrected chi connectivity index (χ4v) is 6.22. The molecule has 0 amide bonds. The van der Waals surface area contributed by atoms with Gasteiger partial charge in [-0.15, -0.1) is 0 Å². The summed E-state index contributed by atoms with van der Waals surface area (Å²) in [7, 11) is 1.15. The van der Waals surface area contributed by atoms with Crippen LogP contribution in [-0.4, -0.2) is 70.0 Å². The number of carbonyl (C=O) groups excluding carboxylic acids is 2. The number of quaternary nitrogens is 1. The van der Waals surface area contributed by atoms with E-state index < -0.39 is 32.5 Å². The molecular weight excluding hydrogens is 689 g/mol. The van der Waals surface area contributed by atoms with Crippen LogP contribution < -0.4 is 4.89 Å². The van der Waals surface area contributed by atoms with E-state index in [1.54, 1.807) is 0 Å². The summed E-state index contributed by atoms with van der Waals surface area (Å²) in [6.07, 6.45) is 38.8. The number of rotatable bonds is 38. The summed E-state index contributed by atoms with van der Waals surface area (Å²) in [5.41, 5.74) is 0. The SMILES string of the molecule is CCCC/C=C/C/C=C/CCCCCCCC(=O)O[C@H](COC(=O)CCCCCCC/C=C/CCCCCCCC)COP(=O)([O-])OCC[N+](C)(C)C. The second kappa shape index (κ2) is 35.9. The Kier molecular flexibility index (Phi) is 34.7. The highest BCUT2D eigenvalue weighted by Crippen LogP contribution is 2.38. The Morgan fingerprint density at radius 3 is 1.57 bits per heavy atom. The smallest absolute Gasteiger partial charge is 0.306 e. The molecule has 53 heavy (non-hydrogen) atoms. The Bertz CT molecular complexity index is 1010. The normalized spacial score (nSPS) is 14.0. The number of unbranched alkanes of at least 4 members (excludes halogenated alkanes) is 18. The minimum Gasteiger partial charge on any atom is -0.756 e. The molecule has 0 saturated carbocycles. The Morgan fingerprint density at radius 2 is 1.04 bits per heavy atom. The average Bonchev–Trinajstić information content (AvgIpc) is 3.10. The van der Waals surface area contributed by atoms with Crippen molar-refractivity contribution in [2.45, 2.75) is 180 Å². The molecular formula is C43H80NO8P. The lowest BCUT2D eigenvalue weighted by Gasteiger charge is -2.28. The first-order chi connectivity index (χ1) is 25.5. The number of phosphoric ester groups is 1. The molecule has 1 unspecified atom stereocenters. The summed E-state index contributed by atoms with van der Waals surface area (Å²) < 4.78 is 33.8. The highest BCUT2D eigenvalue weighted by molar-refractivity contribution is 7.45. The Labute approximate surface area is 325 Å². The molecule has 0 aromatic heterocycles. The van der Waals surface area contributed by atoms with Crippen molar-refractivity contribution >= 4 is 19.8 Å². The zero-order valence-corrected chi connectivity index (χ0v) is 35.6. The second-order valence-corrected chi connectivity index (χ2v) is 16.8. The summed E-state index contributed by atoms with van der Waals surface area (Å²) >= 11 is 0. The largest absolute Gasteiger partial charge is 0.756 e. The third-order valence-electron chi connectivity index (χ3n) is 8.88. The molecule has 0 saturated heterocycles. The van der Waals surface area contributed by atoms with Gasteiger partial charge in [0.05, 0.1) is 27.7 Å². The molecule has 0 heterocycles. The number of esters is 2. The number of hydrogen-bond acceptors (Lipinski definition) is 8. The van der Waals surface area contributed by atoms with Crippen molar-refractivity contribution in [2.24, 2.45) is 0 Å². The summed E-state index contributed by atoms with van der Waals surface area (Å²) in [6, 6.07) is 0. The van der Waals surface area contributed by atoms with Crippen LogP contribution in [0.4, 0.5) is 0 Å². The molecule has 9 nitrogen and oxygen atoms in total. The quantitative estimate of drug-likeness (QED) is 0.0201. The number of nitrogens with zero attached hydrogens (tertiary/aromatic N) is 1. The van der Waals surface area contributed by atoms with Crippen LogP contribution in [0.1, 0.15) is 174 Å². The fourth-order valence-electron chi connectivity index (χ4n) is 5.49. The van der Waals surface area contributed by atoms with Crippen molar-refractivity contribution in [1.82, 2.24) is 0 Å². The van der Waals surface area contributed by atoms with Gasteiger partial charge < -0.3 is 27.9 Å². The molecule has 0 rings (SSSR count). The molecule has 0 aromatic rings. The van der Waals surface area contributed by atoms with E-state index in [2.05, 4.69) is 50.3 Å². The van der Waals surface area contributed by atoms with E-state index in [9.17, 15) is 19.0 Å². The van der Waals surface area contributed by atoms with Gasteiger partial charge in [0.15, 0.2) is 6.10 Å². The number of likely N-dealkylation sites (N-methyl/N-ethyl adjacent to an activating group) is 1. The van der Waals surface area contributed by atoms with Crippen LogP contribution in [0.3, 0.4) is 0 Å². The van der Waals surface area contributed by atoms with E-state index in [1.165, 1.54) is 57.8 Å². The molecule has 0 bridgehead atoms. The van der Waals surface area contributed by atoms with Gasteiger partial charge in [0.2, 0.25) is 0 Å². The van der Waals surface area contributed by atoms with Crippen molar-refractivity contribution in [1.29, 1.82) is 0 Å². The predicted molar refractivity (Wildman–Crippen MR) is 217 cm³/mol. The van der Waals surface area contributed by atoms with Crippen LogP contribution in [0.2, 0.25) is 0 Å². The maximum Gasteiger partial charge on any atom is 0.306 e. The van der Waals surface area contributed by atoms with Crippen LogP contribution in [0.25, 0.3) is 0 Å². The molecule has 0 aromatic carbocycles. The van der Waals surface area contributed by atoms with Crippen molar-refractivity contribution < 1.29 is 42.1 Å². The van der Waals surface area contributed by atoms with Crippen LogP contribution in [0, 0.1) is 0 Å². The maximum atomic E-state index is 12.6. The van der Waals surface area contributed by atoms with Crippen LogP contribution in [0.15, 0.2) is 36.5 Å². The second-order valence-electron chi connectivity index (χ2n) is 15.3. The molecule has 10 heteroatoms. The molecule has 0 spiro atoms. The van der Waals surface area contributed by atoms with Crippen LogP contribution in [0.5, 0.6) is 0 Å². The summed E-state index contributed by atoms with van der Waals surface area (Å²) in [5.74, 6) is -0.861. The monoisotopic (exact) mass is 770 g/mol. The summed E-state index contributed by atoms with van der Waals surface area (Å²) in [5, 5.41) is 0. The third kappa shape index (κ3) is 39.7. The predicted octanol–water partition coefficient (Wildman–Crippen LogP) is 11.1. The lowest BCUT2D eigenvalue weighted by Crippen LogP contribution is -2.37. The van der Waals surface area contributed by atoms with Gasteiger partial charge in [-0.2, -0.15) is 0 Å². The van der Waals surface area contributed by atoms with E-state index in [0.29, 0.717) is 17.4 Å². The molecule has 0 aliphatic rings. The average molecular weight is 770 g/mol. The standard InChI is InChI=1S/C43H80NO8P/c1-6-8-10-12-14-16-18-20-22-24-25-27-29-31-33-35-42(45)49-39-41(40-51-53(47,48)50-38-37-44(3,4)5)52-43(46)36-34-32-30-28-26-23-21-19-17-15-13-11-9-7-2/h13,15,19-22,41H,6-12,14,16-18,23-40H2,1-5H3/b15-13+,21-19+,22-20+/t41-/m1/s1. The van der Waals surface area contributed by atoms with Crippen molar-refractivity contribution in [3.63, 3.8) is 0 Å². The van der Waals surface area contributed by atoms with E-state index in [-0.39, 0.29) is 26.1 Å². The number of phosphoric acid groups is 1. The Balaban J connectivity index is 4.42. The van der Waals surface area contributed by atoms with Crippen LogP contribution >= 0.6 is 7.82 Å². The van der Waals surface area contributed by atoms with Gasteiger partial charge in [-0.1, -0.05) is 134 Å². The third-order valence-corrected chi connectivity index (χ3v) is 9.85. The first-order valence-corrected chi connectivity index (χ1v) is 22.7. The molecule has 0 aliphatic heterocycles. The van der Waals surface area contributed by atoms with Gasteiger partial charge in [0, 0.05) is 12.8 Å². The molecule has 2 atom stereocenters. The van der Waals surface area contributed by atoms with Gasteiger partial charge in [-0.3, -0.25) is 14.2 Å². The maximum absolute atomic E-state index is 12.6. The topological polar surface area (TPSA) is 111 Å².